The Morgan fingerprint density at radius 1 is 1.65 bits per heavy atom. The molecule has 2 aromatic heterocycles. The van der Waals surface area contributed by atoms with E-state index in [0.717, 1.165) is 15.7 Å². The molecule has 2 aromatic rings. The summed E-state index contributed by atoms with van der Waals surface area (Å²) < 4.78 is 2.58. The van der Waals surface area contributed by atoms with Crippen LogP contribution in [0.4, 0.5) is 0 Å². The third kappa shape index (κ3) is 2.76. The molecule has 2 rings (SSSR count). The van der Waals surface area contributed by atoms with E-state index in [4.69, 9.17) is 0 Å². The summed E-state index contributed by atoms with van der Waals surface area (Å²) in [5.41, 5.74) is 1.98. The van der Waals surface area contributed by atoms with Crippen LogP contribution in [0, 0.1) is 6.92 Å². The van der Waals surface area contributed by atoms with Crippen LogP contribution in [0.3, 0.4) is 0 Å². The number of hydrogen-bond donors (Lipinski definition) is 1. The molecule has 0 saturated carbocycles. The maximum Gasteiger partial charge on any atom is 0.262 e. The van der Waals surface area contributed by atoms with Crippen LogP contribution in [-0.2, 0) is 13.6 Å². The van der Waals surface area contributed by atoms with E-state index >= 15 is 0 Å². The quantitative estimate of drug-likeness (QED) is 0.946. The normalized spacial score (nSPS) is 10.5. The lowest BCUT2D eigenvalue weighted by atomic mass is 10.2. The number of hydrogen-bond acceptors (Lipinski definition) is 3. The first kappa shape index (κ1) is 12.3. The molecule has 0 radical (unpaired) electrons. The van der Waals surface area contributed by atoms with E-state index in [1.54, 1.807) is 4.68 Å². The van der Waals surface area contributed by atoms with Gasteiger partial charge in [-0.05, 0) is 34.3 Å². The number of aromatic nitrogens is 2. The van der Waals surface area contributed by atoms with Crippen molar-refractivity contribution in [2.45, 2.75) is 13.5 Å². The van der Waals surface area contributed by atoms with E-state index in [1.807, 2.05) is 31.6 Å². The summed E-state index contributed by atoms with van der Waals surface area (Å²) in [7, 11) is 1.87. The van der Waals surface area contributed by atoms with Gasteiger partial charge >= 0.3 is 0 Å². The number of halogens is 1. The number of aryl methyl sites for hydroxylation is 2. The average molecular weight is 314 g/mol. The lowest BCUT2D eigenvalue weighted by Crippen LogP contribution is -2.22. The van der Waals surface area contributed by atoms with Gasteiger partial charge in [0.25, 0.3) is 5.91 Å². The molecule has 0 spiro atoms. The van der Waals surface area contributed by atoms with Gasteiger partial charge in [-0.3, -0.25) is 9.48 Å². The third-order valence-corrected chi connectivity index (χ3v) is 4.21. The Morgan fingerprint density at radius 3 is 2.94 bits per heavy atom. The highest BCUT2D eigenvalue weighted by Crippen LogP contribution is 2.22. The second-order valence-electron chi connectivity index (χ2n) is 3.69. The Bertz CT molecular complexity index is 547. The number of carbonyl (C=O) groups excluding carboxylic acids is 1. The minimum atomic E-state index is -0.0601. The molecule has 17 heavy (non-hydrogen) atoms. The SMILES string of the molecule is Cc1nn(C)cc1CNC(=O)c1sccc1Br. The molecule has 0 atom stereocenters. The fraction of sp³-hybridized carbons (Fsp3) is 0.273. The molecule has 4 nitrogen and oxygen atoms in total. The van der Waals surface area contributed by atoms with Crippen LogP contribution in [0.1, 0.15) is 20.9 Å². The van der Waals surface area contributed by atoms with E-state index in [0.29, 0.717) is 11.4 Å². The van der Waals surface area contributed by atoms with Gasteiger partial charge in [-0.15, -0.1) is 11.3 Å². The van der Waals surface area contributed by atoms with Crippen molar-refractivity contribution >= 4 is 33.2 Å². The van der Waals surface area contributed by atoms with Gasteiger partial charge in [0.2, 0.25) is 0 Å². The van der Waals surface area contributed by atoms with Gasteiger partial charge in [0.05, 0.1) is 5.69 Å². The van der Waals surface area contributed by atoms with Crippen LogP contribution in [0.5, 0.6) is 0 Å². The van der Waals surface area contributed by atoms with Crippen LogP contribution in [0.2, 0.25) is 0 Å². The molecule has 0 bridgehead atoms. The van der Waals surface area contributed by atoms with Crippen LogP contribution in [0.15, 0.2) is 22.1 Å². The molecule has 0 aliphatic rings. The van der Waals surface area contributed by atoms with Gasteiger partial charge in [-0.1, -0.05) is 0 Å². The van der Waals surface area contributed by atoms with Crippen molar-refractivity contribution in [3.05, 3.63) is 38.3 Å². The topological polar surface area (TPSA) is 46.9 Å². The highest BCUT2D eigenvalue weighted by molar-refractivity contribution is 9.10. The maximum atomic E-state index is 11.9. The summed E-state index contributed by atoms with van der Waals surface area (Å²) in [4.78, 5) is 12.6. The number of nitrogens with zero attached hydrogens (tertiary/aromatic N) is 2. The second kappa shape index (κ2) is 5.01. The standard InChI is InChI=1S/C11H12BrN3OS/c1-7-8(6-15(2)14-7)5-13-11(16)10-9(12)3-4-17-10/h3-4,6H,5H2,1-2H3,(H,13,16). The summed E-state index contributed by atoms with van der Waals surface area (Å²) in [6, 6.07) is 1.87. The smallest absolute Gasteiger partial charge is 0.262 e. The van der Waals surface area contributed by atoms with Gasteiger partial charge in [0.1, 0.15) is 4.88 Å². The lowest BCUT2D eigenvalue weighted by Gasteiger charge is -2.02. The van der Waals surface area contributed by atoms with E-state index < -0.39 is 0 Å². The van der Waals surface area contributed by atoms with E-state index in [-0.39, 0.29) is 5.91 Å². The summed E-state index contributed by atoms with van der Waals surface area (Å²) in [5, 5.41) is 9.00. The molecule has 1 amide bonds. The minimum absolute atomic E-state index is 0.0601. The fourth-order valence-corrected chi connectivity index (χ4v) is 3.00. The first-order valence-corrected chi connectivity index (χ1v) is 6.75. The Balaban J connectivity index is 2.02. The molecule has 0 unspecified atom stereocenters. The molecule has 6 heteroatoms. The first-order chi connectivity index (χ1) is 8.08. The van der Waals surface area contributed by atoms with Crippen molar-refractivity contribution in [3.63, 3.8) is 0 Å². The third-order valence-electron chi connectivity index (χ3n) is 2.38. The second-order valence-corrected chi connectivity index (χ2v) is 5.46. The van der Waals surface area contributed by atoms with Crippen LogP contribution >= 0.6 is 27.3 Å². The molecular formula is C11H12BrN3OS. The predicted octanol–water partition coefficient (Wildman–Crippen LogP) is 2.48. The van der Waals surface area contributed by atoms with Gasteiger partial charge in [-0.2, -0.15) is 5.10 Å². The number of thiophene rings is 1. The number of rotatable bonds is 3. The number of nitrogens with one attached hydrogen (secondary N) is 1. The maximum absolute atomic E-state index is 11.9. The van der Waals surface area contributed by atoms with Crippen LogP contribution in [-0.4, -0.2) is 15.7 Å². The molecule has 0 aliphatic heterocycles. The van der Waals surface area contributed by atoms with Gasteiger partial charge in [-0.25, -0.2) is 0 Å². The zero-order chi connectivity index (χ0) is 12.4. The van der Waals surface area contributed by atoms with Gasteiger partial charge < -0.3 is 5.32 Å². The average Bonchev–Trinajstić information content (AvgIpc) is 2.81. The first-order valence-electron chi connectivity index (χ1n) is 5.08. The van der Waals surface area contributed by atoms with Crippen molar-refractivity contribution in [2.24, 2.45) is 7.05 Å². The monoisotopic (exact) mass is 313 g/mol. The Labute approximate surface area is 112 Å². The van der Waals surface area contributed by atoms with Crippen molar-refractivity contribution in [1.82, 2.24) is 15.1 Å². The molecule has 0 fully saturated rings. The summed E-state index contributed by atoms with van der Waals surface area (Å²) >= 11 is 4.77. The van der Waals surface area contributed by atoms with E-state index in [1.165, 1.54) is 11.3 Å². The predicted molar refractivity (Wildman–Crippen MR) is 71.1 cm³/mol. The fourth-order valence-electron chi connectivity index (χ4n) is 1.53. The van der Waals surface area contributed by atoms with E-state index in [2.05, 4.69) is 26.3 Å². The summed E-state index contributed by atoms with van der Waals surface area (Å²) in [6.45, 7) is 2.44. The molecule has 1 N–H and O–H groups in total. The molecule has 0 saturated heterocycles. The van der Waals surface area contributed by atoms with Crippen molar-refractivity contribution in [3.8, 4) is 0 Å². The molecular weight excluding hydrogens is 302 g/mol. The number of carbonyl (C=O) groups is 1. The van der Waals surface area contributed by atoms with Crippen LogP contribution < -0.4 is 5.32 Å². The lowest BCUT2D eigenvalue weighted by molar-refractivity contribution is 0.0954. The largest absolute Gasteiger partial charge is 0.347 e. The molecule has 2 heterocycles. The number of amides is 1. The zero-order valence-corrected chi connectivity index (χ0v) is 11.9. The molecule has 0 aliphatic carbocycles. The highest BCUT2D eigenvalue weighted by atomic mass is 79.9. The van der Waals surface area contributed by atoms with Crippen molar-refractivity contribution in [1.29, 1.82) is 0 Å². The van der Waals surface area contributed by atoms with Crippen molar-refractivity contribution in [2.75, 3.05) is 0 Å². The summed E-state index contributed by atoms with van der Waals surface area (Å²) in [6.07, 6.45) is 1.92. The van der Waals surface area contributed by atoms with Gasteiger partial charge in [0.15, 0.2) is 0 Å². The van der Waals surface area contributed by atoms with Crippen molar-refractivity contribution < 1.29 is 4.79 Å². The minimum Gasteiger partial charge on any atom is -0.347 e. The Morgan fingerprint density at radius 2 is 2.41 bits per heavy atom. The van der Waals surface area contributed by atoms with Gasteiger partial charge in [0, 0.05) is 29.8 Å². The highest BCUT2D eigenvalue weighted by Gasteiger charge is 2.12. The Hall–Kier alpha value is -1.14. The van der Waals surface area contributed by atoms with Crippen LogP contribution in [0.25, 0.3) is 0 Å². The summed E-state index contributed by atoms with van der Waals surface area (Å²) in [5.74, 6) is -0.0601. The molecule has 90 valence electrons. The van der Waals surface area contributed by atoms with E-state index in [9.17, 15) is 4.79 Å². The zero-order valence-electron chi connectivity index (χ0n) is 9.53. The Kier molecular flexibility index (Phi) is 3.63. The molecule has 0 aromatic carbocycles.